The van der Waals surface area contributed by atoms with Crippen LogP contribution in [0.25, 0.3) is 21.3 Å². The summed E-state index contributed by atoms with van der Waals surface area (Å²) < 4.78 is 0. The van der Waals surface area contributed by atoms with E-state index in [2.05, 4.69) is 70.9 Å². The predicted molar refractivity (Wildman–Crippen MR) is 102 cm³/mol. The van der Waals surface area contributed by atoms with Gasteiger partial charge >= 0.3 is 0 Å². The molecule has 0 saturated heterocycles. The summed E-state index contributed by atoms with van der Waals surface area (Å²) in [5.74, 6) is 0.732. The highest BCUT2D eigenvalue weighted by atomic mass is 79.9. The van der Waals surface area contributed by atoms with Crippen molar-refractivity contribution in [2.45, 2.75) is 32.6 Å². The van der Waals surface area contributed by atoms with Crippen molar-refractivity contribution < 1.29 is 0 Å². The second-order valence-corrected chi connectivity index (χ2v) is 8.26. The highest BCUT2D eigenvalue weighted by molar-refractivity contribution is 9.09. The zero-order valence-corrected chi connectivity index (χ0v) is 15.8. The average molecular weight is 391 g/mol. The lowest BCUT2D eigenvalue weighted by molar-refractivity contribution is 0.590. The van der Waals surface area contributed by atoms with Crippen LogP contribution in [0.2, 0.25) is 0 Å². The number of aromatic nitrogens is 2. The van der Waals surface area contributed by atoms with Gasteiger partial charge in [0, 0.05) is 22.7 Å². The van der Waals surface area contributed by atoms with Crippen molar-refractivity contribution >= 4 is 37.5 Å². The van der Waals surface area contributed by atoms with Gasteiger partial charge in [-0.15, -0.1) is 11.3 Å². The van der Waals surface area contributed by atoms with Crippen molar-refractivity contribution in [3.8, 4) is 11.1 Å². The van der Waals surface area contributed by atoms with Crippen LogP contribution in [-0.4, -0.2) is 15.3 Å². The largest absolute Gasteiger partial charge is 0.310 e. The summed E-state index contributed by atoms with van der Waals surface area (Å²) in [6.07, 6.45) is 0.721. The van der Waals surface area contributed by atoms with E-state index in [0.717, 1.165) is 33.5 Å². The molecule has 0 fully saturated rings. The monoisotopic (exact) mass is 390 g/mol. The topological polar surface area (TPSA) is 45.8 Å². The lowest BCUT2D eigenvalue weighted by atomic mass is 9.86. The minimum atomic E-state index is -0.0536. The highest BCUT2D eigenvalue weighted by Crippen LogP contribution is 2.32. The van der Waals surface area contributed by atoms with Crippen molar-refractivity contribution in [1.82, 2.24) is 9.97 Å². The number of aromatic amines is 1. The van der Waals surface area contributed by atoms with Gasteiger partial charge in [0.15, 0.2) is 0 Å². The third-order valence-electron chi connectivity index (χ3n) is 3.89. The first-order valence-corrected chi connectivity index (χ1v) is 9.57. The maximum Gasteiger partial charge on any atom is 0.260 e. The van der Waals surface area contributed by atoms with Gasteiger partial charge in [0.2, 0.25) is 0 Å². The summed E-state index contributed by atoms with van der Waals surface area (Å²) in [4.78, 5) is 20.7. The molecule has 0 unspecified atom stereocenters. The highest BCUT2D eigenvalue weighted by Gasteiger charge is 2.15. The van der Waals surface area contributed by atoms with Gasteiger partial charge in [-0.3, -0.25) is 4.79 Å². The number of nitrogens with one attached hydrogen (secondary N) is 1. The molecule has 2 aromatic heterocycles. The molecule has 0 amide bonds. The molecule has 0 spiro atoms. The SMILES string of the molecule is CC(C)(C)c1ccc(-c2csc3nc(CCBr)[nH]c(=O)c23)cc1. The molecule has 0 atom stereocenters. The van der Waals surface area contributed by atoms with Gasteiger partial charge in [-0.1, -0.05) is 61.0 Å². The number of benzene rings is 1. The number of thiophene rings is 1. The van der Waals surface area contributed by atoms with Gasteiger partial charge in [-0.05, 0) is 16.5 Å². The van der Waals surface area contributed by atoms with E-state index < -0.39 is 0 Å². The quantitative estimate of drug-likeness (QED) is 0.647. The Hall–Kier alpha value is -1.46. The first-order chi connectivity index (χ1) is 10.9. The number of alkyl halides is 1. The van der Waals surface area contributed by atoms with Crippen molar-refractivity contribution in [3.05, 3.63) is 51.4 Å². The summed E-state index contributed by atoms with van der Waals surface area (Å²) in [6.45, 7) is 6.59. The average Bonchev–Trinajstić information content (AvgIpc) is 2.91. The van der Waals surface area contributed by atoms with Gasteiger partial charge in [0.25, 0.3) is 5.56 Å². The first kappa shape index (κ1) is 16.4. The summed E-state index contributed by atoms with van der Waals surface area (Å²) >= 11 is 4.91. The van der Waals surface area contributed by atoms with E-state index in [4.69, 9.17) is 0 Å². The minimum Gasteiger partial charge on any atom is -0.310 e. The number of H-pyrrole nitrogens is 1. The molecule has 0 aliphatic heterocycles. The fraction of sp³-hybridized carbons (Fsp3) is 0.333. The molecule has 0 saturated carbocycles. The van der Waals surface area contributed by atoms with E-state index >= 15 is 0 Å². The van der Waals surface area contributed by atoms with Crippen molar-refractivity contribution in [2.75, 3.05) is 5.33 Å². The number of rotatable bonds is 3. The molecule has 0 aliphatic carbocycles. The number of hydrogen-bond acceptors (Lipinski definition) is 3. The normalized spacial score (nSPS) is 12.0. The molecular weight excluding hydrogens is 372 g/mol. The fourth-order valence-corrected chi connectivity index (χ4v) is 3.91. The number of aryl methyl sites for hydroxylation is 1. The molecule has 2 heterocycles. The fourth-order valence-electron chi connectivity index (χ4n) is 2.56. The molecule has 0 bridgehead atoms. The van der Waals surface area contributed by atoms with E-state index in [1.54, 1.807) is 0 Å². The van der Waals surface area contributed by atoms with Gasteiger partial charge in [-0.2, -0.15) is 0 Å². The molecular formula is C18H19BrN2OS. The molecule has 0 aliphatic rings. The Morgan fingerprint density at radius 1 is 1.22 bits per heavy atom. The second-order valence-electron chi connectivity index (χ2n) is 6.61. The van der Waals surface area contributed by atoms with E-state index in [1.165, 1.54) is 16.9 Å². The van der Waals surface area contributed by atoms with Crippen LogP contribution in [0.1, 0.15) is 32.2 Å². The van der Waals surface area contributed by atoms with Crippen molar-refractivity contribution in [3.63, 3.8) is 0 Å². The Morgan fingerprint density at radius 3 is 2.52 bits per heavy atom. The maximum atomic E-state index is 12.5. The standard InChI is InChI=1S/C18H19BrN2OS/c1-18(2,3)12-6-4-11(5-7-12)13-10-23-17-15(13)16(22)20-14(21-17)8-9-19/h4-7,10H,8-9H2,1-3H3,(H,20,21,22). The summed E-state index contributed by atoms with van der Waals surface area (Å²) in [5, 5.41) is 3.50. The molecule has 23 heavy (non-hydrogen) atoms. The molecule has 1 aromatic carbocycles. The molecule has 3 nitrogen and oxygen atoms in total. The zero-order chi connectivity index (χ0) is 16.6. The maximum absolute atomic E-state index is 12.5. The molecule has 3 aromatic rings. The van der Waals surface area contributed by atoms with Gasteiger partial charge in [-0.25, -0.2) is 4.98 Å². The van der Waals surface area contributed by atoms with Crippen LogP contribution in [0.4, 0.5) is 0 Å². The third kappa shape index (κ3) is 3.26. The molecule has 0 radical (unpaired) electrons. The van der Waals surface area contributed by atoms with Crippen LogP contribution in [0.5, 0.6) is 0 Å². The lowest BCUT2D eigenvalue weighted by Gasteiger charge is -2.19. The Labute approximate surface area is 147 Å². The number of hydrogen-bond donors (Lipinski definition) is 1. The first-order valence-electron chi connectivity index (χ1n) is 7.57. The predicted octanol–water partition coefficient (Wildman–Crippen LogP) is 4.89. The van der Waals surface area contributed by atoms with Crippen molar-refractivity contribution in [1.29, 1.82) is 0 Å². The summed E-state index contributed by atoms with van der Waals surface area (Å²) in [5.41, 5.74) is 3.38. The van der Waals surface area contributed by atoms with Crippen LogP contribution in [-0.2, 0) is 11.8 Å². The van der Waals surface area contributed by atoms with E-state index in [9.17, 15) is 4.79 Å². The van der Waals surface area contributed by atoms with E-state index in [1.807, 2.05) is 5.38 Å². The Kier molecular flexibility index (Phi) is 4.43. The van der Waals surface area contributed by atoms with Crippen LogP contribution in [0, 0.1) is 0 Å². The van der Waals surface area contributed by atoms with Crippen LogP contribution >= 0.6 is 27.3 Å². The van der Waals surface area contributed by atoms with Gasteiger partial charge in [0.1, 0.15) is 10.7 Å². The minimum absolute atomic E-state index is 0.0536. The summed E-state index contributed by atoms with van der Waals surface area (Å²) in [7, 11) is 0. The Morgan fingerprint density at radius 2 is 1.91 bits per heavy atom. The Bertz CT molecular complexity index is 888. The second kappa shape index (κ2) is 6.21. The van der Waals surface area contributed by atoms with Crippen molar-refractivity contribution in [2.24, 2.45) is 0 Å². The third-order valence-corrected chi connectivity index (χ3v) is 5.15. The van der Waals surface area contributed by atoms with Crippen LogP contribution < -0.4 is 5.56 Å². The number of nitrogens with zero attached hydrogens (tertiary/aromatic N) is 1. The van der Waals surface area contributed by atoms with E-state index in [0.29, 0.717) is 5.39 Å². The summed E-state index contributed by atoms with van der Waals surface area (Å²) in [6, 6.07) is 8.46. The van der Waals surface area contributed by atoms with Gasteiger partial charge in [0.05, 0.1) is 5.39 Å². The molecule has 5 heteroatoms. The Balaban J connectivity index is 2.09. The number of fused-ring (bicyclic) bond motifs is 1. The van der Waals surface area contributed by atoms with Crippen LogP contribution in [0.3, 0.4) is 0 Å². The van der Waals surface area contributed by atoms with Crippen LogP contribution in [0.15, 0.2) is 34.4 Å². The molecule has 3 rings (SSSR count). The number of halogens is 1. The van der Waals surface area contributed by atoms with E-state index in [-0.39, 0.29) is 11.0 Å². The molecule has 120 valence electrons. The lowest BCUT2D eigenvalue weighted by Crippen LogP contribution is -2.12. The zero-order valence-electron chi connectivity index (χ0n) is 13.4. The smallest absolute Gasteiger partial charge is 0.260 e. The van der Waals surface area contributed by atoms with Gasteiger partial charge < -0.3 is 4.98 Å². The molecule has 1 N–H and O–H groups in total.